The monoisotopic (exact) mass is 281 g/mol. The highest BCUT2D eigenvalue weighted by atomic mass is 35.5. The lowest BCUT2D eigenvalue weighted by Gasteiger charge is -2.14. The Kier molecular flexibility index (Phi) is 7.33. The minimum absolute atomic E-state index is 0. The van der Waals surface area contributed by atoms with Crippen molar-refractivity contribution in [3.05, 3.63) is 35.4 Å². The number of hydrogen-bond donors (Lipinski definition) is 1. The molecule has 0 heterocycles. The highest BCUT2D eigenvalue weighted by molar-refractivity contribution is 5.85. The molecule has 5 heteroatoms. The molecule has 0 saturated carbocycles. The molecule has 0 fully saturated rings. The Morgan fingerprint density at radius 3 is 2.50 bits per heavy atom. The maximum absolute atomic E-state index is 12.5. The predicted molar refractivity (Wildman–Crippen MR) is 70.2 cm³/mol. The molecule has 0 aliphatic heterocycles. The van der Waals surface area contributed by atoms with Crippen LogP contribution in [-0.2, 0) is 12.6 Å². The van der Waals surface area contributed by atoms with Crippen molar-refractivity contribution in [2.24, 2.45) is 0 Å². The van der Waals surface area contributed by atoms with E-state index in [2.05, 4.69) is 12.2 Å². The van der Waals surface area contributed by atoms with E-state index < -0.39 is 11.7 Å². The standard InChI is InChI=1S/C13H18F3N.ClH/c1-3-7-17-10(2)8-11-5-4-6-12(9-11)13(14,15)16;/h4-6,9-10,17H,3,7-8H2,1-2H3;1H/t10-;/m1./s1. The second-order valence-electron chi connectivity index (χ2n) is 4.26. The van der Waals surface area contributed by atoms with E-state index in [1.165, 1.54) is 12.1 Å². The smallest absolute Gasteiger partial charge is 0.314 e. The highest BCUT2D eigenvalue weighted by Gasteiger charge is 2.30. The summed E-state index contributed by atoms with van der Waals surface area (Å²) in [5, 5.41) is 3.26. The topological polar surface area (TPSA) is 12.0 Å². The summed E-state index contributed by atoms with van der Waals surface area (Å²) in [5.74, 6) is 0. The summed E-state index contributed by atoms with van der Waals surface area (Å²) in [6.07, 6.45) is -2.62. The molecule has 1 atom stereocenters. The summed E-state index contributed by atoms with van der Waals surface area (Å²) in [5.41, 5.74) is 0.147. The van der Waals surface area contributed by atoms with Crippen LogP contribution in [0.5, 0.6) is 0 Å². The van der Waals surface area contributed by atoms with Gasteiger partial charge in [0, 0.05) is 6.04 Å². The molecule has 0 amide bonds. The molecular formula is C13H19ClF3N. The van der Waals surface area contributed by atoms with Crippen LogP contribution in [-0.4, -0.2) is 12.6 Å². The van der Waals surface area contributed by atoms with Crippen molar-refractivity contribution in [3.8, 4) is 0 Å². The minimum Gasteiger partial charge on any atom is -0.314 e. The van der Waals surface area contributed by atoms with Crippen molar-refractivity contribution in [1.82, 2.24) is 5.32 Å². The van der Waals surface area contributed by atoms with E-state index in [9.17, 15) is 13.2 Å². The number of halogens is 4. The Balaban J connectivity index is 0.00000289. The number of rotatable bonds is 5. The van der Waals surface area contributed by atoms with Gasteiger partial charge in [0.25, 0.3) is 0 Å². The zero-order valence-electron chi connectivity index (χ0n) is 10.6. The van der Waals surface area contributed by atoms with Crippen LogP contribution in [0.25, 0.3) is 0 Å². The molecule has 104 valence electrons. The van der Waals surface area contributed by atoms with Crippen LogP contribution >= 0.6 is 12.4 Å². The van der Waals surface area contributed by atoms with E-state index >= 15 is 0 Å². The largest absolute Gasteiger partial charge is 0.416 e. The van der Waals surface area contributed by atoms with Crippen molar-refractivity contribution in [3.63, 3.8) is 0 Å². The van der Waals surface area contributed by atoms with E-state index in [1.54, 1.807) is 6.07 Å². The number of alkyl halides is 3. The summed E-state index contributed by atoms with van der Waals surface area (Å²) in [4.78, 5) is 0. The third kappa shape index (κ3) is 5.74. The fraction of sp³-hybridized carbons (Fsp3) is 0.538. The molecule has 18 heavy (non-hydrogen) atoms. The Morgan fingerprint density at radius 1 is 1.28 bits per heavy atom. The van der Waals surface area contributed by atoms with Crippen LogP contribution in [0.15, 0.2) is 24.3 Å². The van der Waals surface area contributed by atoms with Gasteiger partial charge in [0.05, 0.1) is 5.56 Å². The number of benzene rings is 1. The minimum atomic E-state index is -4.25. The zero-order chi connectivity index (χ0) is 12.9. The number of hydrogen-bond acceptors (Lipinski definition) is 1. The molecule has 1 aromatic carbocycles. The first kappa shape index (κ1) is 17.3. The molecule has 0 unspecified atom stereocenters. The van der Waals surface area contributed by atoms with Crippen LogP contribution in [0.2, 0.25) is 0 Å². The van der Waals surface area contributed by atoms with Gasteiger partial charge >= 0.3 is 6.18 Å². The van der Waals surface area contributed by atoms with Crippen molar-refractivity contribution in [2.75, 3.05) is 6.54 Å². The van der Waals surface area contributed by atoms with Gasteiger partial charge in [-0.25, -0.2) is 0 Å². The molecule has 0 spiro atoms. The quantitative estimate of drug-likeness (QED) is 0.858. The van der Waals surface area contributed by atoms with Gasteiger partial charge in [0.1, 0.15) is 0 Å². The molecule has 0 radical (unpaired) electrons. The fourth-order valence-corrected chi connectivity index (χ4v) is 1.69. The third-order valence-electron chi connectivity index (χ3n) is 2.54. The first-order valence-electron chi connectivity index (χ1n) is 5.83. The maximum atomic E-state index is 12.5. The highest BCUT2D eigenvalue weighted by Crippen LogP contribution is 2.29. The van der Waals surface area contributed by atoms with Crippen LogP contribution in [0.1, 0.15) is 31.4 Å². The number of nitrogens with one attached hydrogen (secondary N) is 1. The van der Waals surface area contributed by atoms with Gasteiger partial charge in [-0.1, -0.05) is 25.1 Å². The Bertz CT molecular complexity index is 352. The molecule has 1 N–H and O–H groups in total. The molecule has 0 saturated heterocycles. The Morgan fingerprint density at radius 2 is 1.94 bits per heavy atom. The second-order valence-corrected chi connectivity index (χ2v) is 4.26. The second kappa shape index (κ2) is 7.64. The molecule has 1 aromatic rings. The van der Waals surface area contributed by atoms with Crippen molar-refractivity contribution >= 4 is 12.4 Å². The molecule has 0 aliphatic carbocycles. The van der Waals surface area contributed by atoms with Crippen LogP contribution in [0, 0.1) is 0 Å². The Hall–Kier alpha value is -0.740. The average Bonchev–Trinajstić information content (AvgIpc) is 2.25. The van der Waals surface area contributed by atoms with Gasteiger partial charge in [-0.15, -0.1) is 12.4 Å². The summed E-state index contributed by atoms with van der Waals surface area (Å²) in [6, 6.07) is 5.72. The van der Waals surface area contributed by atoms with Gasteiger partial charge in [-0.2, -0.15) is 13.2 Å². The maximum Gasteiger partial charge on any atom is 0.416 e. The van der Waals surface area contributed by atoms with Gasteiger partial charge in [-0.3, -0.25) is 0 Å². The van der Waals surface area contributed by atoms with Gasteiger partial charge in [0.2, 0.25) is 0 Å². The summed E-state index contributed by atoms with van der Waals surface area (Å²) >= 11 is 0. The molecular weight excluding hydrogens is 263 g/mol. The molecule has 0 bridgehead atoms. The zero-order valence-corrected chi connectivity index (χ0v) is 11.4. The van der Waals surface area contributed by atoms with Gasteiger partial charge in [-0.05, 0) is 37.9 Å². The van der Waals surface area contributed by atoms with E-state index in [1.807, 2.05) is 6.92 Å². The van der Waals surface area contributed by atoms with Crippen molar-refractivity contribution in [1.29, 1.82) is 0 Å². The van der Waals surface area contributed by atoms with E-state index in [0.717, 1.165) is 24.6 Å². The lowest BCUT2D eigenvalue weighted by molar-refractivity contribution is -0.137. The predicted octanol–water partition coefficient (Wildman–Crippen LogP) is 4.06. The van der Waals surface area contributed by atoms with E-state index in [4.69, 9.17) is 0 Å². The normalized spacial score (nSPS) is 12.9. The first-order valence-corrected chi connectivity index (χ1v) is 5.83. The van der Waals surface area contributed by atoms with E-state index in [0.29, 0.717) is 6.42 Å². The van der Waals surface area contributed by atoms with Crippen molar-refractivity contribution < 1.29 is 13.2 Å². The van der Waals surface area contributed by atoms with Gasteiger partial charge < -0.3 is 5.32 Å². The van der Waals surface area contributed by atoms with Crippen molar-refractivity contribution in [2.45, 2.75) is 38.9 Å². The SMILES string of the molecule is CCCN[C@H](C)Cc1cccc(C(F)(F)F)c1.Cl. The molecule has 0 aliphatic rings. The molecule has 0 aromatic heterocycles. The first-order chi connectivity index (χ1) is 7.93. The summed E-state index contributed by atoms with van der Waals surface area (Å²) in [6.45, 7) is 4.93. The third-order valence-corrected chi connectivity index (χ3v) is 2.54. The summed E-state index contributed by atoms with van der Waals surface area (Å²) in [7, 11) is 0. The lowest BCUT2D eigenvalue weighted by atomic mass is 10.0. The Labute approximate surface area is 112 Å². The molecule has 1 rings (SSSR count). The lowest BCUT2D eigenvalue weighted by Crippen LogP contribution is -2.28. The summed E-state index contributed by atoms with van der Waals surface area (Å²) < 4.78 is 37.5. The van der Waals surface area contributed by atoms with Crippen LogP contribution in [0.4, 0.5) is 13.2 Å². The van der Waals surface area contributed by atoms with E-state index in [-0.39, 0.29) is 18.4 Å². The molecule has 1 nitrogen and oxygen atoms in total. The van der Waals surface area contributed by atoms with Crippen LogP contribution in [0.3, 0.4) is 0 Å². The average molecular weight is 282 g/mol. The fourth-order valence-electron chi connectivity index (χ4n) is 1.69. The van der Waals surface area contributed by atoms with Crippen LogP contribution < -0.4 is 5.32 Å². The van der Waals surface area contributed by atoms with Gasteiger partial charge in [0.15, 0.2) is 0 Å².